The van der Waals surface area contributed by atoms with Crippen molar-refractivity contribution in [2.75, 3.05) is 13.2 Å². The Morgan fingerprint density at radius 1 is 1.45 bits per heavy atom. The number of ether oxygens (including phenoxy) is 1. The predicted octanol–water partition coefficient (Wildman–Crippen LogP) is 2.06. The molecule has 1 saturated heterocycles. The number of furan rings is 1. The van der Waals surface area contributed by atoms with E-state index >= 15 is 0 Å². The standard InChI is InChI=1S/C15H19NO4/c1-9-5-13(10(2)20-9)15(18)19-8-11-6-14(17)16(7-11)12-3-4-12/h5,11-12H,3-4,6-8H2,1-2H3/t11-/m0/s1. The van der Waals surface area contributed by atoms with E-state index in [2.05, 4.69) is 0 Å². The first-order chi connectivity index (χ1) is 9.54. The average Bonchev–Trinajstić information content (AvgIpc) is 3.09. The van der Waals surface area contributed by atoms with Crippen LogP contribution in [0.2, 0.25) is 0 Å². The summed E-state index contributed by atoms with van der Waals surface area (Å²) in [7, 11) is 0. The molecule has 5 nitrogen and oxygen atoms in total. The van der Waals surface area contributed by atoms with Gasteiger partial charge in [0, 0.05) is 24.9 Å². The van der Waals surface area contributed by atoms with E-state index in [4.69, 9.17) is 9.15 Å². The van der Waals surface area contributed by atoms with Crippen LogP contribution in [0.3, 0.4) is 0 Å². The van der Waals surface area contributed by atoms with Gasteiger partial charge in [0.05, 0.1) is 6.61 Å². The fourth-order valence-electron chi connectivity index (χ4n) is 2.76. The second kappa shape index (κ2) is 4.96. The van der Waals surface area contributed by atoms with Crippen molar-refractivity contribution in [3.63, 3.8) is 0 Å². The molecule has 0 aromatic carbocycles. The van der Waals surface area contributed by atoms with Gasteiger partial charge in [0.25, 0.3) is 0 Å². The zero-order valence-corrected chi connectivity index (χ0v) is 11.8. The molecule has 0 radical (unpaired) electrons. The van der Waals surface area contributed by atoms with Gasteiger partial charge < -0.3 is 14.1 Å². The Morgan fingerprint density at radius 2 is 2.20 bits per heavy atom. The summed E-state index contributed by atoms with van der Waals surface area (Å²) in [6.07, 6.45) is 2.73. The first-order valence-electron chi connectivity index (χ1n) is 7.08. The highest BCUT2D eigenvalue weighted by molar-refractivity contribution is 5.90. The molecule has 2 aliphatic rings. The Balaban J connectivity index is 1.53. The summed E-state index contributed by atoms with van der Waals surface area (Å²) >= 11 is 0. The van der Waals surface area contributed by atoms with Crippen LogP contribution >= 0.6 is 0 Å². The van der Waals surface area contributed by atoms with Gasteiger partial charge in [-0.05, 0) is 32.8 Å². The SMILES string of the molecule is Cc1cc(C(=O)OC[C@H]2CC(=O)N(C3CC3)C2)c(C)o1. The highest BCUT2D eigenvalue weighted by Crippen LogP contribution is 2.32. The molecular formula is C15H19NO4. The number of carbonyl (C=O) groups excluding carboxylic acids is 2. The van der Waals surface area contributed by atoms with Crippen molar-refractivity contribution in [3.05, 3.63) is 23.2 Å². The van der Waals surface area contributed by atoms with Crippen molar-refractivity contribution in [1.29, 1.82) is 0 Å². The summed E-state index contributed by atoms with van der Waals surface area (Å²) in [4.78, 5) is 25.7. The third-order valence-electron chi connectivity index (χ3n) is 3.94. The molecule has 108 valence electrons. The summed E-state index contributed by atoms with van der Waals surface area (Å²) in [6, 6.07) is 2.13. The van der Waals surface area contributed by atoms with E-state index < -0.39 is 0 Å². The highest BCUT2D eigenvalue weighted by Gasteiger charge is 2.39. The maximum atomic E-state index is 12.0. The van der Waals surface area contributed by atoms with E-state index in [0.717, 1.165) is 19.4 Å². The Bertz CT molecular complexity index is 544. The second-order valence-electron chi connectivity index (χ2n) is 5.77. The summed E-state index contributed by atoms with van der Waals surface area (Å²) in [5.41, 5.74) is 0.478. The lowest BCUT2D eigenvalue weighted by Gasteiger charge is -2.15. The number of esters is 1. The van der Waals surface area contributed by atoms with Gasteiger partial charge >= 0.3 is 5.97 Å². The zero-order chi connectivity index (χ0) is 14.3. The van der Waals surface area contributed by atoms with Crippen molar-refractivity contribution in [2.24, 2.45) is 5.92 Å². The Morgan fingerprint density at radius 3 is 2.80 bits per heavy atom. The lowest BCUT2D eigenvalue weighted by molar-refractivity contribution is -0.128. The summed E-state index contributed by atoms with van der Waals surface area (Å²) in [5.74, 6) is 1.24. The molecule has 1 aromatic rings. The summed E-state index contributed by atoms with van der Waals surface area (Å²) in [5, 5.41) is 0. The fourth-order valence-corrected chi connectivity index (χ4v) is 2.76. The molecule has 1 saturated carbocycles. The molecule has 1 aliphatic carbocycles. The van der Waals surface area contributed by atoms with E-state index in [0.29, 0.717) is 36.2 Å². The Hall–Kier alpha value is -1.78. The zero-order valence-electron chi connectivity index (χ0n) is 11.8. The maximum absolute atomic E-state index is 12.0. The van der Waals surface area contributed by atoms with Crippen LogP contribution in [-0.2, 0) is 9.53 Å². The third-order valence-corrected chi connectivity index (χ3v) is 3.94. The van der Waals surface area contributed by atoms with E-state index in [9.17, 15) is 9.59 Å². The minimum Gasteiger partial charge on any atom is -0.466 e. The molecule has 1 amide bonds. The van der Waals surface area contributed by atoms with Crippen molar-refractivity contribution in [1.82, 2.24) is 4.90 Å². The second-order valence-corrected chi connectivity index (χ2v) is 5.77. The Labute approximate surface area is 117 Å². The minimum absolute atomic E-state index is 0.125. The van der Waals surface area contributed by atoms with Crippen LogP contribution in [0.1, 0.15) is 41.1 Å². The van der Waals surface area contributed by atoms with Crippen molar-refractivity contribution < 1.29 is 18.7 Å². The van der Waals surface area contributed by atoms with Crippen LogP contribution in [0, 0.1) is 19.8 Å². The molecule has 0 N–H and O–H groups in total. The predicted molar refractivity (Wildman–Crippen MR) is 71.3 cm³/mol. The van der Waals surface area contributed by atoms with Crippen molar-refractivity contribution in [2.45, 2.75) is 39.2 Å². The van der Waals surface area contributed by atoms with Crippen LogP contribution in [0.25, 0.3) is 0 Å². The summed E-state index contributed by atoms with van der Waals surface area (Å²) < 4.78 is 10.6. The van der Waals surface area contributed by atoms with Gasteiger partial charge in [-0.2, -0.15) is 0 Å². The highest BCUT2D eigenvalue weighted by atomic mass is 16.5. The van der Waals surface area contributed by atoms with E-state index in [1.165, 1.54) is 0 Å². The van der Waals surface area contributed by atoms with Gasteiger partial charge in [-0.15, -0.1) is 0 Å². The van der Waals surface area contributed by atoms with Gasteiger partial charge in [0.2, 0.25) is 5.91 Å². The quantitative estimate of drug-likeness (QED) is 0.790. The van der Waals surface area contributed by atoms with Gasteiger partial charge in [0.15, 0.2) is 0 Å². The van der Waals surface area contributed by atoms with E-state index in [1.54, 1.807) is 19.9 Å². The lowest BCUT2D eigenvalue weighted by atomic mass is 10.1. The number of hydrogen-bond acceptors (Lipinski definition) is 4. The average molecular weight is 277 g/mol. The number of likely N-dealkylation sites (tertiary alicyclic amines) is 1. The fraction of sp³-hybridized carbons (Fsp3) is 0.600. The molecule has 1 aromatic heterocycles. The van der Waals surface area contributed by atoms with Crippen LogP contribution in [-0.4, -0.2) is 36.0 Å². The first kappa shape index (κ1) is 13.2. The smallest absolute Gasteiger partial charge is 0.341 e. The lowest BCUT2D eigenvalue weighted by Crippen LogP contribution is -2.27. The van der Waals surface area contributed by atoms with E-state index in [1.807, 2.05) is 4.90 Å². The number of nitrogens with zero attached hydrogens (tertiary/aromatic N) is 1. The molecule has 1 atom stereocenters. The van der Waals surface area contributed by atoms with E-state index in [-0.39, 0.29) is 17.8 Å². The van der Waals surface area contributed by atoms with Crippen LogP contribution in [0.5, 0.6) is 0 Å². The van der Waals surface area contributed by atoms with Gasteiger partial charge in [-0.1, -0.05) is 0 Å². The molecule has 20 heavy (non-hydrogen) atoms. The molecule has 2 fully saturated rings. The molecule has 0 bridgehead atoms. The molecular weight excluding hydrogens is 258 g/mol. The molecule has 0 spiro atoms. The normalized spacial score (nSPS) is 22.4. The van der Waals surface area contributed by atoms with Crippen molar-refractivity contribution in [3.8, 4) is 0 Å². The van der Waals surface area contributed by atoms with Crippen molar-refractivity contribution >= 4 is 11.9 Å². The Kier molecular flexibility index (Phi) is 3.28. The van der Waals surface area contributed by atoms with Gasteiger partial charge in [-0.25, -0.2) is 4.79 Å². The number of hydrogen-bond donors (Lipinski definition) is 0. The monoisotopic (exact) mass is 277 g/mol. The number of rotatable bonds is 4. The van der Waals surface area contributed by atoms with Gasteiger partial charge in [0.1, 0.15) is 17.1 Å². The van der Waals surface area contributed by atoms with Gasteiger partial charge in [-0.3, -0.25) is 4.79 Å². The number of amides is 1. The van der Waals surface area contributed by atoms with Crippen LogP contribution in [0.15, 0.2) is 10.5 Å². The van der Waals surface area contributed by atoms with Crippen LogP contribution < -0.4 is 0 Å². The largest absolute Gasteiger partial charge is 0.466 e. The third kappa shape index (κ3) is 2.57. The summed E-state index contributed by atoms with van der Waals surface area (Å²) in [6.45, 7) is 4.57. The molecule has 0 unspecified atom stereocenters. The minimum atomic E-state index is -0.364. The maximum Gasteiger partial charge on any atom is 0.341 e. The molecule has 2 heterocycles. The topological polar surface area (TPSA) is 59.8 Å². The van der Waals surface area contributed by atoms with Crippen LogP contribution in [0.4, 0.5) is 0 Å². The molecule has 5 heteroatoms. The first-order valence-corrected chi connectivity index (χ1v) is 7.08. The number of carbonyl (C=O) groups is 2. The molecule has 3 rings (SSSR count). The number of aryl methyl sites for hydroxylation is 2. The molecule has 1 aliphatic heterocycles.